The number of amides is 1. The Morgan fingerprint density at radius 2 is 2.11 bits per heavy atom. The quantitative estimate of drug-likeness (QED) is 0.834. The molecule has 0 bridgehead atoms. The van der Waals surface area contributed by atoms with E-state index < -0.39 is 17.4 Å². The van der Waals surface area contributed by atoms with Gasteiger partial charge in [-0.25, -0.2) is 4.79 Å². The average Bonchev–Trinajstić information content (AvgIpc) is 2.29. The standard InChI is InChI=1S/C13H18N2O3/c1-4-5-13(3,12(17)18)15-11(16)10-6-9(2)7-14-8-10/h6-8H,4-5H2,1-3H3,(H,15,16)(H,17,18). The molecule has 0 aliphatic heterocycles. The number of hydrogen-bond acceptors (Lipinski definition) is 3. The van der Waals surface area contributed by atoms with Crippen molar-refractivity contribution < 1.29 is 14.7 Å². The molecule has 0 aliphatic carbocycles. The molecule has 1 rings (SSSR count). The Morgan fingerprint density at radius 1 is 1.44 bits per heavy atom. The van der Waals surface area contributed by atoms with Gasteiger partial charge in [-0.1, -0.05) is 13.3 Å². The van der Waals surface area contributed by atoms with Crippen molar-refractivity contribution in [2.75, 3.05) is 0 Å². The van der Waals surface area contributed by atoms with Crippen molar-refractivity contribution in [3.8, 4) is 0 Å². The number of carboxylic acids is 1. The molecule has 1 aromatic heterocycles. The summed E-state index contributed by atoms with van der Waals surface area (Å²) in [6, 6.07) is 1.68. The van der Waals surface area contributed by atoms with Gasteiger partial charge in [0.15, 0.2) is 0 Å². The van der Waals surface area contributed by atoms with Gasteiger partial charge < -0.3 is 10.4 Å². The van der Waals surface area contributed by atoms with Crippen LogP contribution in [0.1, 0.15) is 42.6 Å². The first-order chi connectivity index (χ1) is 8.39. The third kappa shape index (κ3) is 3.29. The second-order valence-electron chi connectivity index (χ2n) is 4.59. The van der Waals surface area contributed by atoms with E-state index in [1.54, 1.807) is 12.3 Å². The summed E-state index contributed by atoms with van der Waals surface area (Å²) >= 11 is 0. The molecule has 1 unspecified atom stereocenters. The lowest BCUT2D eigenvalue weighted by atomic mass is 9.96. The summed E-state index contributed by atoms with van der Waals surface area (Å²) in [7, 11) is 0. The molecule has 2 N–H and O–H groups in total. The molecule has 0 spiro atoms. The van der Waals surface area contributed by atoms with Crippen LogP contribution in [0.4, 0.5) is 0 Å². The first-order valence-corrected chi connectivity index (χ1v) is 5.86. The van der Waals surface area contributed by atoms with Crippen LogP contribution >= 0.6 is 0 Å². The van der Waals surface area contributed by atoms with Crippen LogP contribution < -0.4 is 5.32 Å². The third-order valence-electron chi connectivity index (χ3n) is 2.75. The number of hydrogen-bond donors (Lipinski definition) is 2. The molecule has 5 nitrogen and oxygen atoms in total. The molecule has 18 heavy (non-hydrogen) atoms. The highest BCUT2D eigenvalue weighted by Gasteiger charge is 2.34. The zero-order chi connectivity index (χ0) is 13.8. The van der Waals surface area contributed by atoms with Gasteiger partial charge in [-0.15, -0.1) is 0 Å². The predicted molar refractivity (Wildman–Crippen MR) is 67.4 cm³/mol. The number of nitrogens with zero attached hydrogens (tertiary/aromatic N) is 1. The molecule has 1 amide bonds. The van der Waals surface area contributed by atoms with Crippen LogP contribution in [0.25, 0.3) is 0 Å². The maximum atomic E-state index is 12.0. The van der Waals surface area contributed by atoms with Crippen LogP contribution in [0, 0.1) is 6.92 Å². The van der Waals surface area contributed by atoms with Crippen LogP contribution in [0.2, 0.25) is 0 Å². The molecule has 0 aromatic carbocycles. The zero-order valence-corrected chi connectivity index (χ0v) is 10.9. The van der Waals surface area contributed by atoms with Crippen molar-refractivity contribution in [1.29, 1.82) is 0 Å². The summed E-state index contributed by atoms with van der Waals surface area (Å²) in [5.74, 6) is -1.44. The Bertz CT molecular complexity index is 459. The highest BCUT2D eigenvalue weighted by atomic mass is 16.4. The Labute approximate surface area is 106 Å². The average molecular weight is 250 g/mol. The molecular formula is C13H18N2O3. The van der Waals surface area contributed by atoms with E-state index >= 15 is 0 Å². The van der Waals surface area contributed by atoms with E-state index in [2.05, 4.69) is 10.3 Å². The SMILES string of the molecule is CCCC(C)(NC(=O)c1cncc(C)c1)C(=O)O. The molecule has 0 saturated heterocycles. The van der Waals surface area contributed by atoms with E-state index in [4.69, 9.17) is 0 Å². The number of rotatable bonds is 5. The zero-order valence-electron chi connectivity index (χ0n) is 10.9. The summed E-state index contributed by atoms with van der Waals surface area (Å²) < 4.78 is 0. The Kier molecular flexibility index (Phi) is 4.42. The molecule has 0 aliphatic rings. The minimum atomic E-state index is -1.24. The minimum Gasteiger partial charge on any atom is -0.480 e. The maximum Gasteiger partial charge on any atom is 0.329 e. The van der Waals surface area contributed by atoms with E-state index in [0.29, 0.717) is 18.4 Å². The van der Waals surface area contributed by atoms with Gasteiger partial charge >= 0.3 is 5.97 Å². The van der Waals surface area contributed by atoms with Crippen molar-refractivity contribution in [2.24, 2.45) is 0 Å². The van der Waals surface area contributed by atoms with Gasteiger partial charge in [0.1, 0.15) is 5.54 Å². The second kappa shape index (κ2) is 5.62. The smallest absolute Gasteiger partial charge is 0.329 e. The predicted octanol–water partition coefficient (Wildman–Crippen LogP) is 1.76. The highest BCUT2D eigenvalue weighted by Crippen LogP contribution is 2.14. The molecule has 0 saturated carbocycles. The Hall–Kier alpha value is -1.91. The van der Waals surface area contributed by atoms with E-state index in [9.17, 15) is 14.7 Å². The van der Waals surface area contributed by atoms with Crippen LogP contribution in [0.5, 0.6) is 0 Å². The van der Waals surface area contributed by atoms with Gasteiger partial charge in [0.2, 0.25) is 0 Å². The number of aliphatic carboxylic acids is 1. The molecule has 0 radical (unpaired) electrons. The van der Waals surface area contributed by atoms with Gasteiger partial charge in [-0.2, -0.15) is 0 Å². The summed E-state index contributed by atoms with van der Waals surface area (Å²) in [4.78, 5) is 27.1. The monoisotopic (exact) mass is 250 g/mol. The van der Waals surface area contributed by atoms with E-state index in [-0.39, 0.29) is 0 Å². The van der Waals surface area contributed by atoms with Gasteiger partial charge in [-0.05, 0) is 31.9 Å². The van der Waals surface area contributed by atoms with Crippen LogP contribution in [0.3, 0.4) is 0 Å². The first-order valence-electron chi connectivity index (χ1n) is 5.86. The number of aromatic nitrogens is 1. The fourth-order valence-corrected chi connectivity index (χ4v) is 1.72. The first kappa shape index (κ1) is 14.2. The Balaban J connectivity index is 2.88. The van der Waals surface area contributed by atoms with E-state index in [0.717, 1.165) is 5.56 Å². The lowest BCUT2D eigenvalue weighted by Gasteiger charge is -2.25. The summed E-state index contributed by atoms with van der Waals surface area (Å²) in [5.41, 5.74) is -0.0102. The molecule has 1 aromatic rings. The molecule has 5 heteroatoms. The van der Waals surface area contributed by atoms with E-state index in [1.165, 1.54) is 13.1 Å². The second-order valence-corrected chi connectivity index (χ2v) is 4.59. The molecule has 1 heterocycles. The summed E-state index contributed by atoms with van der Waals surface area (Å²) in [5, 5.41) is 11.7. The minimum absolute atomic E-state index is 0.374. The van der Waals surface area contributed by atoms with Crippen molar-refractivity contribution in [3.05, 3.63) is 29.6 Å². The lowest BCUT2D eigenvalue weighted by molar-refractivity contribution is -0.144. The number of nitrogens with one attached hydrogen (secondary N) is 1. The van der Waals surface area contributed by atoms with Crippen LogP contribution in [0.15, 0.2) is 18.5 Å². The number of carbonyl (C=O) groups excluding carboxylic acids is 1. The fraction of sp³-hybridized carbons (Fsp3) is 0.462. The molecule has 1 atom stereocenters. The summed E-state index contributed by atoms with van der Waals surface area (Å²) in [6.45, 7) is 5.22. The molecule has 0 fully saturated rings. The topological polar surface area (TPSA) is 79.3 Å². The maximum absolute atomic E-state index is 12.0. The number of aryl methyl sites for hydroxylation is 1. The van der Waals surface area contributed by atoms with Gasteiger partial charge in [0.05, 0.1) is 5.56 Å². The Morgan fingerprint density at radius 3 is 2.61 bits per heavy atom. The van der Waals surface area contributed by atoms with Crippen molar-refractivity contribution in [2.45, 2.75) is 39.2 Å². The fourth-order valence-electron chi connectivity index (χ4n) is 1.72. The number of carbonyl (C=O) groups is 2. The third-order valence-corrected chi connectivity index (χ3v) is 2.75. The van der Waals surface area contributed by atoms with Crippen molar-refractivity contribution >= 4 is 11.9 Å². The lowest BCUT2D eigenvalue weighted by Crippen LogP contribution is -2.52. The van der Waals surface area contributed by atoms with Crippen LogP contribution in [-0.4, -0.2) is 27.5 Å². The molecule has 98 valence electrons. The molecular weight excluding hydrogens is 232 g/mol. The summed E-state index contributed by atoms with van der Waals surface area (Å²) in [6.07, 6.45) is 4.12. The van der Waals surface area contributed by atoms with Gasteiger partial charge in [-0.3, -0.25) is 9.78 Å². The highest BCUT2D eigenvalue weighted by molar-refractivity contribution is 5.97. The normalized spacial score (nSPS) is 13.7. The largest absolute Gasteiger partial charge is 0.480 e. The van der Waals surface area contributed by atoms with Gasteiger partial charge in [0, 0.05) is 12.4 Å². The van der Waals surface area contributed by atoms with Crippen LogP contribution in [-0.2, 0) is 4.79 Å². The van der Waals surface area contributed by atoms with E-state index in [1.807, 2.05) is 13.8 Å². The number of pyridine rings is 1. The van der Waals surface area contributed by atoms with Crippen molar-refractivity contribution in [3.63, 3.8) is 0 Å². The van der Waals surface area contributed by atoms with Gasteiger partial charge in [0.25, 0.3) is 5.91 Å². The van der Waals surface area contributed by atoms with Crippen molar-refractivity contribution in [1.82, 2.24) is 10.3 Å². The number of carboxylic acid groups (broad SMARTS) is 1.